The number of carbonyl (C=O) groups is 1. The van der Waals surface area contributed by atoms with E-state index < -0.39 is 16.1 Å². The minimum Gasteiger partial charge on any atom is -0.360 e. The Morgan fingerprint density at radius 3 is 2.52 bits per heavy atom. The van der Waals surface area contributed by atoms with Crippen LogP contribution in [-0.2, 0) is 14.8 Å². The minimum atomic E-state index is -3.85. The third-order valence-corrected chi connectivity index (χ3v) is 5.98. The third kappa shape index (κ3) is 3.91. The molecular formula is C14H24N4O4S. The first-order valence-electron chi connectivity index (χ1n) is 7.70. The average molecular weight is 344 g/mol. The van der Waals surface area contributed by atoms with Gasteiger partial charge >= 0.3 is 0 Å². The van der Waals surface area contributed by atoms with Crippen LogP contribution in [0.15, 0.2) is 9.42 Å². The van der Waals surface area contributed by atoms with Crippen LogP contribution in [-0.4, -0.2) is 50.1 Å². The summed E-state index contributed by atoms with van der Waals surface area (Å²) in [5, 5.41) is 3.64. The Bertz CT molecular complexity index is 643. The quantitative estimate of drug-likeness (QED) is 0.785. The van der Waals surface area contributed by atoms with Gasteiger partial charge in [0.2, 0.25) is 15.9 Å². The highest BCUT2D eigenvalue weighted by Crippen LogP contribution is 2.20. The van der Waals surface area contributed by atoms with Crippen molar-refractivity contribution < 1.29 is 17.7 Å². The summed E-state index contributed by atoms with van der Waals surface area (Å²) < 4.78 is 32.2. The second-order valence-electron chi connectivity index (χ2n) is 6.00. The maximum Gasteiger partial charge on any atom is 0.246 e. The van der Waals surface area contributed by atoms with Gasteiger partial charge in [-0.2, -0.15) is 4.72 Å². The molecule has 0 aliphatic carbocycles. The highest BCUT2D eigenvalue weighted by atomic mass is 32.2. The molecule has 3 N–H and O–H groups in total. The maximum atomic E-state index is 12.4. The molecule has 0 aromatic carbocycles. The summed E-state index contributed by atoms with van der Waals surface area (Å²) in [6, 6.07) is -0.844. The first-order valence-corrected chi connectivity index (χ1v) is 9.18. The van der Waals surface area contributed by atoms with Crippen molar-refractivity contribution in [3.63, 3.8) is 0 Å². The molecule has 1 fully saturated rings. The van der Waals surface area contributed by atoms with E-state index in [2.05, 4.69) is 9.88 Å². The molecule has 0 spiro atoms. The maximum absolute atomic E-state index is 12.4. The molecule has 1 unspecified atom stereocenters. The number of sulfonamides is 1. The van der Waals surface area contributed by atoms with E-state index in [-0.39, 0.29) is 22.3 Å². The highest BCUT2D eigenvalue weighted by molar-refractivity contribution is 7.89. The summed E-state index contributed by atoms with van der Waals surface area (Å²) in [7, 11) is -3.85. The van der Waals surface area contributed by atoms with Crippen LogP contribution in [0.1, 0.15) is 31.2 Å². The molecule has 0 radical (unpaired) electrons. The molecule has 0 bridgehead atoms. The SMILES string of the molecule is Cc1noc(C)c1S(=O)(=O)NC(C)C(=O)N1CCC(CN)CC1. The van der Waals surface area contributed by atoms with Crippen molar-refractivity contribution in [2.24, 2.45) is 11.7 Å². The molecule has 130 valence electrons. The Morgan fingerprint density at radius 1 is 1.43 bits per heavy atom. The first-order chi connectivity index (χ1) is 10.8. The van der Waals surface area contributed by atoms with E-state index in [1.54, 1.807) is 18.7 Å². The van der Waals surface area contributed by atoms with E-state index in [4.69, 9.17) is 10.3 Å². The number of carbonyl (C=O) groups excluding carboxylic acids is 1. The van der Waals surface area contributed by atoms with Gasteiger partial charge < -0.3 is 15.2 Å². The number of amides is 1. The number of piperidine rings is 1. The van der Waals surface area contributed by atoms with Gasteiger partial charge in [-0.25, -0.2) is 8.42 Å². The molecule has 1 atom stereocenters. The zero-order valence-electron chi connectivity index (χ0n) is 13.7. The summed E-state index contributed by atoms with van der Waals surface area (Å²) in [4.78, 5) is 14.1. The molecule has 9 heteroatoms. The molecule has 1 saturated heterocycles. The summed E-state index contributed by atoms with van der Waals surface area (Å²) in [6.45, 7) is 6.47. The lowest BCUT2D eigenvalue weighted by Gasteiger charge is -2.33. The van der Waals surface area contributed by atoms with Crippen LogP contribution < -0.4 is 10.5 Å². The molecule has 1 aromatic heterocycles. The molecule has 1 amide bonds. The monoisotopic (exact) mass is 344 g/mol. The van der Waals surface area contributed by atoms with Crippen molar-refractivity contribution in [3.05, 3.63) is 11.5 Å². The van der Waals surface area contributed by atoms with Gasteiger partial charge in [0.15, 0.2) is 5.76 Å². The minimum absolute atomic E-state index is 0.000935. The summed E-state index contributed by atoms with van der Waals surface area (Å²) >= 11 is 0. The zero-order chi connectivity index (χ0) is 17.2. The van der Waals surface area contributed by atoms with E-state index in [1.807, 2.05) is 0 Å². The van der Waals surface area contributed by atoms with Crippen LogP contribution in [0, 0.1) is 19.8 Å². The van der Waals surface area contributed by atoms with E-state index in [0.717, 1.165) is 12.8 Å². The van der Waals surface area contributed by atoms with Crippen molar-refractivity contribution in [2.75, 3.05) is 19.6 Å². The van der Waals surface area contributed by atoms with Crippen molar-refractivity contribution in [3.8, 4) is 0 Å². The van der Waals surface area contributed by atoms with Gasteiger partial charge in [0.05, 0.1) is 6.04 Å². The number of rotatable bonds is 5. The number of aromatic nitrogens is 1. The second kappa shape index (κ2) is 6.98. The number of likely N-dealkylation sites (tertiary alicyclic amines) is 1. The van der Waals surface area contributed by atoms with E-state index in [0.29, 0.717) is 25.6 Å². The van der Waals surface area contributed by atoms with Crippen molar-refractivity contribution in [2.45, 2.75) is 44.6 Å². The molecule has 23 heavy (non-hydrogen) atoms. The van der Waals surface area contributed by atoms with E-state index in [1.165, 1.54) is 6.92 Å². The number of aryl methyl sites for hydroxylation is 2. The predicted octanol–water partition coefficient (Wildman–Crippen LogP) is 0.156. The lowest BCUT2D eigenvalue weighted by atomic mass is 9.97. The molecule has 8 nitrogen and oxygen atoms in total. The molecule has 1 aliphatic heterocycles. The van der Waals surface area contributed by atoms with Crippen LogP contribution in [0.3, 0.4) is 0 Å². The fraction of sp³-hybridized carbons (Fsp3) is 0.714. The van der Waals surface area contributed by atoms with Crippen molar-refractivity contribution in [1.29, 1.82) is 0 Å². The van der Waals surface area contributed by atoms with Crippen LogP contribution >= 0.6 is 0 Å². The van der Waals surface area contributed by atoms with Crippen LogP contribution in [0.4, 0.5) is 0 Å². The zero-order valence-corrected chi connectivity index (χ0v) is 14.5. The summed E-state index contributed by atoms with van der Waals surface area (Å²) in [5.41, 5.74) is 5.92. The Balaban J connectivity index is 2.04. The van der Waals surface area contributed by atoms with E-state index in [9.17, 15) is 13.2 Å². The van der Waals surface area contributed by atoms with Crippen LogP contribution in [0.5, 0.6) is 0 Å². The molecule has 1 aromatic rings. The Hall–Kier alpha value is -1.45. The fourth-order valence-corrected chi connectivity index (χ4v) is 4.39. The predicted molar refractivity (Wildman–Crippen MR) is 84.1 cm³/mol. The van der Waals surface area contributed by atoms with Gasteiger partial charge in [-0.15, -0.1) is 0 Å². The van der Waals surface area contributed by atoms with Crippen LogP contribution in [0.25, 0.3) is 0 Å². The summed E-state index contributed by atoms with van der Waals surface area (Å²) in [6.07, 6.45) is 1.71. The average Bonchev–Trinajstić information content (AvgIpc) is 2.85. The first kappa shape index (κ1) is 17.9. The number of hydrogen-bond donors (Lipinski definition) is 2. The molecule has 2 heterocycles. The normalized spacial score (nSPS) is 18.2. The largest absolute Gasteiger partial charge is 0.360 e. The smallest absolute Gasteiger partial charge is 0.246 e. The van der Waals surface area contributed by atoms with Crippen molar-refractivity contribution in [1.82, 2.24) is 14.8 Å². The summed E-state index contributed by atoms with van der Waals surface area (Å²) in [5.74, 6) is 0.419. The standard InChI is InChI=1S/C14H24N4O4S/c1-9-13(11(3)22-16-9)23(20,21)17-10(2)14(19)18-6-4-12(8-15)5-7-18/h10,12,17H,4-8,15H2,1-3H3. The van der Waals surface area contributed by atoms with Gasteiger partial charge in [0, 0.05) is 13.1 Å². The Labute approximate surface area is 136 Å². The highest BCUT2D eigenvalue weighted by Gasteiger charge is 2.31. The third-order valence-electron chi connectivity index (χ3n) is 4.20. The molecule has 1 aliphatic rings. The Kier molecular flexibility index (Phi) is 5.43. The lowest BCUT2D eigenvalue weighted by molar-refractivity contribution is -0.133. The Morgan fingerprint density at radius 2 is 2.04 bits per heavy atom. The fourth-order valence-electron chi connectivity index (χ4n) is 2.86. The number of hydrogen-bond acceptors (Lipinski definition) is 6. The number of nitrogens with zero attached hydrogens (tertiary/aromatic N) is 2. The lowest BCUT2D eigenvalue weighted by Crippen LogP contribution is -2.49. The second-order valence-corrected chi connectivity index (χ2v) is 7.65. The number of nitrogens with two attached hydrogens (primary N) is 1. The topological polar surface area (TPSA) is 119 Å². The van der Waals surface area contributed by atoms with Crippen molar-refractivity contribution >= 4 is 15.9 Å². The number of nitrogens with one attached hydrogen (secondary N) is 1. The van der Waals surface area contributed by atoms with Gasteiger partial charge in [0.25, 0.3) is 0 Å². The van der Waals surface area contributed by atoms with Gasteiger partial charge in [-0.05, 0) is 46.1 Å². The molecule has 2 rings (SSSR count). The molecule has 0 saturated carbocycles. The van der Waals surface area contributed by atoms with Gasteiger partial charge in [0.1, 0.15) is 10.6 Å². The van der Waals surface area contributed by atoms with E-state index >= 15 is 0 Å². The molecular weight excluding hydrogens is 320 g/mol. The van der Waals surface area contributed by atoms with Gasteiger partial charge in [-0.1, -0.05) is 5.16 Å². The van der Waals surface area contributed by atoms with Gasteiger partial charge in [-0.3, -0.25) is 4.79 Å². The van der Waals surface area contributed by atoms with Crippen LogP contribution in [0.2, 0.25) is 0 Å².